The van der Waals surface area contributed by atoms with Crippen LogP contribution in [-0.2, 0) is 4.74 Å². The summed E-state index contributed by atoms with van der Waals surface area (Å²) < 4.78 is 42.2. The van der Waals surface area contributed by atoms with Gasteiger partial charge in [-0.15, -0.1) is 11.6 Å². The normalized spacial score (nSPS) is 21.4. The van der Waals surface area contributed by atoms with Crippen molar-refractivity contribution in [1.82, 2.24) is 4.90 Å². The minimum absolute atomic E-state index is 0.232. The van der Waals surface area contributed by atoms with E-state index in [4.69, 9.17) is 16.3 Å². The quantitative estimate of drug-likeness (QED) is 0.661. The Morgan fingerprint density at radius 1 is 1.29 bits per heavy atom. The topological polar surface area (TPSA) is 12.5 Å². The Bertz CT molecular complexity index is 207. The first kappa shape index (κ1) is 15.1. The zero-order valence-corrected chi connectivity index (χ0v) is 10.6. The van der Waals surface area contributed by atoms with Gasteiger partial charge in [-0.3, -0.25) is 4.90 Å². The molecule has 0 spiro atoms. The third-order valence-corrected chi connectivity index (χ3v) is 3.00. The summed E-state index contributed by atoms with van der Waals surface area (Å²) in [5.74, 6) is 0.232. The summed E-state index contributed by atoms with van der Waals surface area (Å²) in [5, 5.41) is 0. The Labute approximate surface area is 105 Å². The highest BCUT2D eigenvalue weighted by Gasteiger charge is 2.30. The van der Waals surface area contributed by atoms with Crippen LogP contribution in [0.2, 0.25) is 0 Å². The van der Waals surface area contributed by atoms with Crippen molar-refractivity contribution in [3.05, 3.63) is 0 Å². The summed E-state index contributed by atoms with van der Waals surface area (Å²) in [6.07, 6.45) is -0.212. The Morgan fingerprint density at radius 2 is 2.06 bits per heavy atom. The highest BCUT2D eigenvalue weighted by atomic mass is 35.5. The van der Waals surface area contributed by atoms with E-state index in [0.29, 0.717) is 6.54 Å². The minimum atomic E-state index is -4.14. The predicted octanol–water partition coefficient (Wildman–Crippen LogP) is 3.05. The largest absolute Gasteiger partial charge is 0.401 e. The van der Waals surface area contributed by atoms with Crippen LogP contribution in [-0.4, -0.2) is 49.3 Å². The van der Waals surface area contributed by atoms with Crippen molar-refractivity contribution < 1.29 is 17.9 Å². The van der Waals surface area contributed by atoms with Crippen LogP contribution in [0.1, 0.15) is 25.7 Å². The molecule has 2 nitrogen and oxygen atoms in total. The Kier molecular flexibility index (Phi) is 6.59. The molecule has 0 bridgehead atoms. The smallest absolute Gasteiger partial charge is 0.378 e. The van der Waals surface area contributed by atoms with Crippen molar-refractivity contribution in [2.24, 2.45) is 0 Å². The van der Waals surface area contributed by atoms with Crippen molar-refractivity contribution in [2.75, 3.05) is 32.1 Å². The summed E-state index contributed by atoms with van der Waals surface area (Å²) in [5.41, 5.74) is 0. The van der Waals surface area contributed by atoms with Gasteiger partial charge in [0.05, 0.1) is 12.6 Å². The second kappa shape index (κ2) is 7.44. The predicted molar refractivity (Wildman–Crippen MR) is 61.4 cm³/mol. The van der Waals surface area contributed by atoms with Crippen molar-refractivity contribution >= 4 is 11.6 Å². The molecule has 0 saturated carbocycles. The molecule has 1 unspecified atom stereocenters. The van der Waals surface area contributed by atoms with E-state index in [-0.39, 0.29) is 18.5 Å². The van der Waals surface area contributed by atoms with Crippen LogP contribution in [0.25, 0.3) is 0 Å². The number of ether oxygens (including phenoxy) is 1. The molecular weight excluding hydrogens is 255 g/mol. The lowest BCUT2D eigenvalue weighted by atomic mass is 10.1. The summed E-state index contributed by atoms with van der Waals surface area (Å²) in [6, 6.07) is 0. The molecular formula is C11H19ClF3NO. The third-order valence-electron chi connectivity index (χ3n) is 2.83. The molecule has 0 aliphatic carbocycles. The number of hydrogen-bond donors (Lipinski definition) is 0. The van der Waals surface area contributed by atoms with Gasteiger partial charge >= 0.3 is 6.18 Å². The van der Waals surface area contributed by atoms with E-state index in [2.05, 4.69) is 0 Å². The second-order valence-electron chi connectivity index (χ2n) is 4.36. The average molecular weight is 274 g/mol. The molecule has 1 fully saturated rings. The van der Waals surface area contributed by atoms with Crippen molar-refractivity contribution in [3.63, 3.8) is 0 Å². The molecule has 1 aliphatic heterocycles. The van der Waals surface area contributed by atoms with Gasteiger partial charge in [-0.1, -0.05) is 0 Å². The van der Waals surface area contributed by atoms with Gasteiger partial charge in [0.25, 0.3) is 0 Å². The van der Waals surface area contributed by atoms with Crippen LogP contribution in [0.5, 0.6) is 0 Å². The highest BCUT2D eigenvalue weighted by Crippen LogP contribution is 2.19. The van der Waals surface area contributed by atoms with E-state index < -0.39 is 12.7 Å². The fourth-order valence-electron chi connectivity index (χ4n) is 2.06. The molecule has 0 radical (unpaired) electrons. The van der Waals surface area contributed by atoms with Gasteiger partial charge in [-0.05, 0) is 32.2 Å². The first-order valence-corrected chi connectivity index (χ1v) is 6.51. The third kappa shape index (κ3) is 7.11. The maximum Gasteiger partial charge on any atom is 0.401 e. The van der Waals surface area contributed by atoms with Gasteiger partial charge in [0.2, 0.25) is 0 Å². The lowest BCUT2D eigenvalue weighted by molar-refractivity contribution is -0.145. The maximum atomic E-state index is 12.2. The first-order valence-electron chi connectivity index (χ1n) is 5.98. The molecule has 6 heteroatoms. The van der Waals surface area contributed by atoms with Crippen LogP contribution < -0.4 is 0 Å². The van der Waals surface area contributed by atoms with Crippen LogP contribution in [0.4, 0.5) is 13.2 Å². The lowest BCUT2D eigenvalue weighted by Crippen LogP contribution is -2.36. The highest BCUT2D eigenvalue weighted by molar-refractivity contribution is 6.18. The average Bonchev–Trinajstić information content (AvgIpc) is 2.68. The van der Waals surface area contributed by atoms with Crippen molar-refractivity contribution in [3.8, 4) is 0 Å². The van der Waals surface area contributed by atoms with Crippen LogP contribution in [0, 0.1) is 0 Å². The minimum Gasteiger partial charge on any atom is -0.378 e. The molecule has 0 aromatic carbocycles. The number of halogens is 4. The SMILES string of the molecule is FC(F)(F)CN(CCCl)CCCC1CCCO1. The molecule has 102 valence electrons. The van der Waals surface area contributed by atoms with Gasteiger partial charge < -0.3 is 4.74 Å². The Balaban J connectivity index is 2.18. The van der Waals surface area contributed by atoms with Crippen molar-refractivity contribution in [2.45, 2.75) is 38.0 Å². The molecule has 0 amide bonds. The molecule has 1 aliphatic rings. The van der Waals surface area contributed by atoms with E-state index in [9.17, 15) is 13.2 Å². The van der Waals surface area contributed by atoms with Gasteiger partial charge in [0.15, 0.2) is 0 Å². The Hall–Kier alpha value is -0.0000000000000000208. The van der Waals surface area contributed by atoms with E-state index in [0.717, 1.165) is 32.3 Å². The monoisotopic (exact) mass is 273 g/mol. The number of alkyl halides is 4. The van der Waals surface area contributed by atoms with Crippen LogP contribution >= 0.6 is 11.6 Å². The number of rotatable bonds is 7. The summed E-state index contributed by atoms with van der Waals surface area (Å²) >= 11 is 5.50. The zero-order chi connectivity index (χ0) is 12.7. The second-order valence-corrected chi connectivity index (χ2v) is 4.74. The van der Waals surface area contributed by atoms with E-state index in [1.165, 1.54) is 4.90 Å². The molecule has 0 N–H and O–H groups in total. The summed E-state index contributed by atoms with van der Waals surface area (Å²) in [7, 11) is 0. The van der Waals surface area contributed by atoms with Crippen LogP contribution in [0.3, 0.4) is 0 Å². The molecule has 1 heterocycles. The van der Waals surface area contributed by atoms with E-state index in [1.807, 2.05) is 0 Å². The lowest BCUT2D eigenvalue weighted by Gasteiger charge is -2.23. The van der Waals surface area contributed by atoms with Gasteiger partial charge in [0.1, 0.15) is 0 Å². The maximum absolute atomic E-state index is 12.2. The van der Waals surface area contributed by atoms with Gasteiger partial charge in [-0.25, -0.2) is 0 Å². The van der Waals surface area contributed by atoms with Gasteiger partial charge in [0, 0.05) is 19.0 Å². The standard InChI is InChI=1S/C11H19ClF3NO/c12-5-7-16(9-11(13,14)15)6-1-3-10-4-2-8-17-10/h10H,1-9H2. The molecule has 1 atom stereocenters. The Morgan fingerprint density at radius 3 is 2.59 bits per heavy atom. The summed E-state index contributed by atoms with van der Waals surface area (Å²) in [4.78, 5) is 1.36. The number of hydrogen-bond acceptors (Lipinski definition) is 2. The molecule has 1 saturated heterocycles. The fraction of sp³-hybridized carbons (Fsp3) is 1.00. The van der Waals surface area contributed by atoms with E-state index in [1.54, 1.807) is 0 Å². The fourth-order valence-corrected chi connectivity index (χ4v) is 2.30. The van der Waals surface area contributed by atoms with Crippen LogP contribution in [0.15, 0.2) is 0 Å². The van der Waals surface area contributed by atoms with E-state index >= 15 is 0 Å². The molecule has 0 aromatic heterocycles. The number of nitrogens with zero attached hydrogens (tertiary/aromatic N) is 1. The molecule has 17 heavy (non-hydrogen) atoms. The molecule has 0 aromatic rings. The zero-order valence-electron chi connectivity index (χ0n) is 9.81. The molecule has 1 rings (SSSR count). The van der Waals surface area contributed by atoms with Crippen molar-refractivity contribution in [1.29, 1.82) is 0 Å². The first-order chi connectivity index (χ1) is 8.01. The summed E-state index contributed by atoms with van der Waals surface area (Å²) in [6.45, 7) is 0.641. The van der Waals surface area contributed by atoms with Gasteiger partial charge in [-0.2, -0.15) is 13.2 Å².